The lowest BCUT2D eigenvalue weighted by Gasteiger charge is -2.30. The van der Waals surface area contributed by atoms with Crippen LogP contribution in [0.25, 0.3) is 0 Å². The number of carbonyl (C=O) groups is 1. The van der Waals surface area contributed by atoms with E-state index in [0.717, 1.165) is 0 Å². The van der Waals surface area contributed by atoms with Gasteiger partial charge in [0, 0.05) is 30.8 Å². The summed E-state index contributed by atoms with van der Waals surface area (Å²) in [4.78, 5) is 25.5. The first kappa shape index (κ1) is 19.6. The van der Waals surface area contributed by atoms with Crippen molar-refractivity contribution in [2.45, 2.75) is 20.0 Å². The summed E-state index contributed by atoms with van der Waals surface area (Å²) in [6.07, 6.45) is 0.000840. The zero-order chi connectivity index (χ0) is 20.1. The molecule has 3 rings (SSSR count). The van der Waals surface area contributed by atoms with Crippen LogP contribution in [0.5, 0.6) is 5.75 Å². The van der Waals surface area contributed by atoms with Gasteiger partial charge in [-0.2, -0.15) is 0 Å². The number of nitro groups is 1. The van der Waals surface area contributed by atoms with Gasteiger partial charge in [-0.1, -0.05) is 6.07 Å². The third-order valence-electron chi connectivity index (χ3n) is 4.26. The number of benzene rings is 2. The molecule has 1 saturated heterocycles. The fourth-order valence-corrected chi connectivity index (χ4v) is 2.98. The smallest absolute Gasteiger partial charge is 0.271 e. The molecule has 0 bridgehead atoms. The summed E-state index contributed by atoms with van der Waals surface area (Å²) in [5.74, 6) is 0.303. The van der Waals surface area contributed by atoms with E-state index in [1.807, 2.05) is 18.7 Å². The minimum Gasteiger partial charge on any atom is -0.491 e. The summed E-state index contributed by atoms with van der Waals surface area (Å²) in [5.41, 5.74) is 1.56. The van der Waals surface area contributed by atoms with Crippen LogP contribution in [0.1, 0.15) is 24.2 Å². The highest BCUT2D eigenvalue weighted by Gasteiger charge is 2.20. The molecule has 1 fully saturated rings. The Morgan fingerprint density at radius 3 is 2.64 bits per heavy atom. The molecule has 1 heterocycles. The lowest BCUT2D eigenvalue weighted by Crippen LogP contribution is -2.36. The van der Waals surface area contributed by atoms with Crippen LogP contribution in [-0.4, -0.2) is 43.2 Å². The van der Waals surface area contributed by atoms with Gasteiger partial charge >= 0.3 is 0 Å². The number of non-ortho nitro benzene ring substituents is 1. The second-order valence-corrected chi connectivity index (χ2v) is 6.71. The number of nitrogens with zero attached hydrogens (tertiary/aromatic N) is 2. The Hall–Kier alpha value is -3.13. The van der Waals surface area contributed by atoms with Crippen molar-refractivity contribution in [3.8, 4) is 5.75 Å². The van der Waals surface area contributed by atoms with E-state index in [1.54, 1.807) is 30.3 Å². The monoisotopic (exact) mass is 385 g/mol. The van der Waals surface area contributed by atoms with Gasteiger partial charge in [0.1, 0.15) is 5.75 Å². The molecule has 148 valence electrons. The van der Waals surface area contributed by atoms with Crippen molar-refractivity contribution in [3.63, 3.8) is 0 Å². The summed E-state index contributed by atoms with van der Waals surface area (Å²) >= 11 is 0. The van der Waals surface area contributed by atoms with E-state index in [-0.39, 0.29) is 17.7 Å². The minimum absolute atomic E-state index is 0.000840. The zero-order valence-corrected chi connectivity index (χ0v) is 15.9. The van der Waals surface area contributed by atoms with E-state index >= 15 is 0 Å². The summed E-state index contributed by atoms with van der Waals surface area (Å²) in [7, 11) is 0. The van der Waals surface area contributed by atoms with E-state index in [0.29, 0.717) is 49.0 Å². The molecule has 8 nitrogen and oxygen atoms in total. The number of nitrogens with one attached hydrogen (secondary N) is 1. The molecule has 1 aliphatic heterocycles. The molecule has 2 aromatic carbocycles. The molecule has 0 aromatic heterocycles. The predicted molar refractivity (Wildman–Crippen MR) is 106 cm³/mol. The number of hydrogen-bond donors (Lipinski definition) is 1. The van der Waals surface area contributed by atoms with Crippen molar-refractivity contribution in [1.82, 2.24) is 0 Å². The molecular formula is C20H23N3O5. The average molecular weight is 385 g/mol. The number of nitro benzene ring substituents is 1. The van der Waals surface area contributed by atoms with Crippen molar-refractivity contribution < 1.29 is 19.2 Å². The molecular weight excluding hydrogens is 362 g/mol. The normalized spacial score (nSPS) is 14.0. The maximum Gasteiger partial charge on any atom is 0.271 e. The Morgan fingerprint density at radius 1 is 1.21 bits per heavy atom. The van der Waals surface area contributed by atoms with Crippen LogP contribution in [0.15, 0.2) is 42.5 Å². The average Bonchev–Trinajstić information content (AvgIpc) is 2.68. The van der Waals surface area contributed by atoms with Crippen LogP contribution < -0.4 is 15.0 Å². The van der Waals surface area contributed by atoms with Gasteiger partial charge < -0.3 is 19.7 Å². The first-order valence-electron chi connectivity index (χ1n) is 9.13. The predicted octanol–water partition coefficient (Wildman–Crippen LogP) is 3.47. The van der Waals surface area contributed by atoms with E-state index < -0.39 is 4.92 Å². The highest BCUT2D eigenvalue weighted by molar-refractivity contribution is 6.06. The van der Waals surface area contributed by atoms with Crippen molar-refractivity contribution in [2.75, 3.05) is 36.5 Å². The number of amides is 1. The highest BCUT2D eigenvalue weighted by Crippen LogP contribution is 2.31. The van der Waals surface area contributed by atoms with Crippen molar-refractivity contribution >= 4 is 23.0 Å². The number of anilines is 2. The molecule has 8 heteroatoms. The molecule has 2 aromatic rings. The van der Waals surface area contributed by atoms with Gasteiger partial charge in [-0.3, -0.25) is 14.9 Å². The number of morpholine rings is 1. The van der Waals surface area contributed by atoms with Crippen LogP contribution >= 0.6 is 0 Å². The second kappa shape index (κ2) is 8.71. The molecule has 1 aliphatic rings. The zero-order valence-electron chi connectivity index (χ0n) is 15.9. The number of rotatable bonds is 6. The SMILES string of the molecule is CC(C)Oc1cccc(C(=O)Nc2ccc([N+](=O)[O-])cc2N2CCOCC2)c1. The maximum absolute atomic E-state index is 12.8. The van der Waals surface area contributed by atoms with Crippen LogP contribution in [0.2, 0.25) is 0 Å². The number of carbonyl (C=O) groups excluding carboxylic acids is 1. The summed E-state index contributed by atoms with van der Waals surface area (Å²) in [6.45, 7) is 6.09. The number of hydrogen-bond acceptors (Lipinski definition) is 6. The Morgan fingerprint density at radius 2 is 1.96 bits per heavy atom. The van der Waals surface area contributed by atoms with Crippen LogP contribution in [0.3, 0.4) is 0 Å². The van der Waals surface area contributed by atoms with Crippen LogP contribution in [0.4, 0.5) is 17.1 Å². The lowest BCUT2D eigenvalue weighted by atomic mass is 10.1. The molecule has 1 amide bonds. The third kappa shape index (κ3) is 4.77. The van der Waals surface area contributed by atoms with Crippen molar-refractivity contribution in [1.29, 1.82) is 0 Å². The van der Waals surface area contributed by atoms with Gasteiger partial charge in [-0.15, -0.1) is 0 Å². The molecule has 0 aliphatic carbocycles. The summed E-state index contributed by atoms with van der Waals surface area (Å²) in [6, 6.07) is 11.4. The molecule has 1 N–H and O–H groups in total. The Labute approximate surface area is 163 Å². The molecule has 0 unspecified atom stereocenters. The van der Waals surface area contributed by atoms with Gasteiger partial charge in [0.2, 0.25) is 0 Å². The minimum atomic E-state index is -0.442. The Balaban J connectivity index is 1.86. The molecule has 0 radical (unpaired) electrons. The molecule has 0 atom stereocenters. The quantitative estimate of drug-likeness (QED) is 0.604. The van der Waals surface area contributed by atoms with Crippen LogP contribution in [0, 0.1) is 10.1 Å². The second-order valence-electron chi connectivity index (χ2n) is 6.71. The van der Waals surface area contributed by atoms with Gasteiger partial charge in [0.15, 0.2) is 0 Å². The fourth-order valence-electron chi connectivity index (χ4n) is 2.98. The standard InChI is InChI=1S/C20H23N3O5/c1-14(2)28-17-5-3-4-15(12-17)20(24)21-18-7-6-16(23(25)26)13-19(18)22-8-10-27-11-9-22/h3-7,12-14H,8-11H2,1-2H3,(H,21,24). The van der Waals surface area contributed by atoms with E-state index in [4.69, 9.17) is 9.47 Å². The fraction of sp³-hybridized carbons (Fsp3) is 0.350. The molecule has 28 heavy (non-hydrogen) atoms. The molecule has 0 spiro atoms. The third-order valence-corrected chi connectivity index (χ3v) is 4.26. The maximum atomic E-state index is 12.8. The lowest BCUT2D eigenvalue weighted by molar-refractivity contribution is -0.384. The van der Waals surface area contributed by atoms with Gasteiger partial charge in [-0.25, -0.2) is 0 Å². The highest BCUT2D eigenvalue weighted by atomic mass is 16.6. The summed E-state index contributed by atoms with van der Waals surface area (Å²) in [5, 5.41) is 14.0. The topological polar surface area (TPSA) is 93.9 Å². The van der Waals surface area contributed by atoms with Gasteiger partial charge in [0.25, 0.3) is 11.6 Å². The molecule has 0 saturated carbocycles. The summed E-state index contributed by atoms with van der Waals surface area (Å²) < 4.78 is 11.0. The first-order valence-corrected chi connectivity index (χ1v) is 9.13. The van der Waals surface area contributed by atoms with Gasteiger partial charge in [0.05, 0.1) is 35.6 Å². The van der Waals surface area contributed by atoms with Gasteiger partial charge in [-0.05, 0) is 38.1 Å². The Bertz CT molecular complexity index is 863. The largest absolute Gasteiger partial charge is 0.491 e. The van der Waals surface area contributed by atoms with E-state index in [1.165, 1.54) is 12.1 Å². The first-order chi connectivity index (χ1) is 13.4. The van der Waals surface area contributed by atoms with Crippen molar-refractivity contribution in [2.24, 2.45) is 0 Å². The van der Waals surface area contributed by atoms with E-state index in [9.17, 15) is 14.9 Å². The van der Waals surface area contributed by atoms with Crippen LogP contribution in [-0.2, 0) is 4.74 Å². The van der Waals surface area contributed by atoms with E-state index in [2.05, 4.69) is 5.32 Å². The van der Waals surface area contributed by atoms with Crippen molar-refractivity contribution in [3.05, 3.63) is 58.1 Å². The Kier molecular flexibility index (Phi) is 6.10. The number of ether oxygens (including phenoxy) is 2.